The third-order valence-corrected chi connectivity index (χ3v) is 5.33. The molecule has 6 heteroatoms. The van der Waals surface area contributed by atoms with E-state index in [0.29, 0.717) is 17.1 Å². The zero-order valence-corrected chi connectivity index (χ0v) is 16.7. The summed E-state index contributed by atoms with van der Waals surface area (Å²) in [6.45, 7) is 4.93. The molecule has 3 unspecified atom stereocenters. The van der Waals surface area contributed by atoms with Crippen LogP contribution in [0, 0.1) is 10.8 Å². The van der Waals surface area contributed by atoms with Gasteiger partial charge < -0.3 is 15.8 Å². The van der Waals surface area contributed by atoms with Gasteiger partial charge in [0.25, 0.3) is 0 Å². The van der Waals surface area contributed by atoms with Gasteiger partial charge in [-0.15, -0.1) is 0 Å². The van der Waals surface area contributed by atoms with Gasteiger partial charge in [-0.2, -0.15) is 0 Å². The summed E-state index contributed by atoms with van der Waals surface area (Å²) in [6.07, 6.45) is 5.47. The number of rotatable bonds is 3. The minimum Gasteiger partial charge on any atom is -0.484 e. The van der Waals surface area contributed by atoms with E-state index in [1.165, 1.54) is 0 Å². The quantitative estimate of drug-likeness (QED) is 0.484. The molecule has 28 heavy (non-hydrogen) atoms. The third kappa shape index (κ3) is 4.18. The maximum absolute atomic E-state index is 8.44. The zero-order valence-electron chi connectivity index (χ0n) is 16.7. The summed E-state index contributed by atoms with van der Waals surface area (Å²) >= 11 is 0. The fraction of sp³-hybridized carbons (Fsp3) is 0.455. The highest BCUT2D eigenvalue weighted by Crippen LogP contribution is 2.37. The number of nitrogens with zero attached hydrogens (tertiary/aromatic N) is 1. The second-order valence-corrected chi connectivity index (χ2v) is 7.07. The Labute approximate surface area is 166 Å². The molecule has 6 nitrogen and oxygen atoms in total. The SMILES string of the molecule is CC.N=C(C1CCCN1)n1cc(OC2CCC(N)c3ccccc32)ccc1=N. The molecule has 150 valence electrons. The first-order valence-electron chi connectivity index (χ1n) is 10.2. The molecule has 1 aliphatic carbocycles. The molecule has 1 aromatic heterocycles. The molecule has 2 aromatic rings. The Bertz CT molecular complexity index is 869. The molecule has 5 N–H and O–H groups in total. The highest BCUT2D eigenvalue weighted by Gasteiger charge is 2.26. The van der Waals surface area contributed by atoms with E-state index in [2.05, 4.69) is 17.4 Å². The van der Waals surface area contributed by atoms with Gasteiger partial charge in [-0.05, 0) is 55.5 Å². The summed E-state index contributed by atoms with van der Waals surface area (Å²) < 4.78 is 7.87. The van der Waals surface area contributed by atoms with Crippen molar-refractivity contribution >= 4 is 5.84 Å². The minimum atomic E-state index is -0.0465. The van der Waals surface area contributed by atoms with Crippen molar-refractivity contribution in [2.75, 3.05) is 6.54 Å². The van der Waals surface area contributed by atoms with E-state index in [-0.39, 0.29) is 18.2 Å². The topological polar surface area (TPSA) is 99.9 Å². The van der Waals surface area contributed by atoms with Crippen LogP contribution in [0.4, 0.5) is 0 Å². The van der Waals surface area contributed by atoms with Crippen molar-refractivity contribution in [1.29, 1.82) is 10.8 Å². The second kappa shape index (κ2) is 9.17. The third-order valence-electron chi connectivity index (χ3n) is 5.33. The fourth-order valence-electron chi connectivity index (χ4n) is 3.91. The molecule has 2 aliphatic rings. The average Bonchev–Trinajstić information content (AvgIpc) is 3.27. The van der Waals surface area contributed by atoms with Gasteiger partial charge >= 0.3 is 0 Å². The molecule has 0 amide bonds. The number of nitrogens with two attached hydrogens (primary N) is 1. The lowest BCUT2D eigenvalue weighted by atomic mass is 9.86. The summed E-state index contributed by atoms with van der Waals surface area (Å²) in [4.78, 5) is 0. The summed E-state index contributed by atoms with van der Waals surface area (Å²) in [5, 5.41) is 19.9. The Morgan fingerprint density at radius 3 is 2.57 bits per heavy atom. The van der Waals surface area contributed by atoms with E-state index in [1.807, 2.05) is 32.0 Å². The highest BCUT2D eigenvalue weighted by molar-refractivity contribution is 5.87. The Hall–Kier alpha value is -2.44. The molecular weight excluding hydrogens is 350 g/mol. The molecule has 0 saturated carbocycles. The number of ether oxygens (including phenoxy) is 1. The van der Waals surface area contributed by atoms with Gasteiger partial charge in [0.2, 0.25) is 0 Å². The monoisotopic (exact) mass is 381 g/mol. The van der Waals surface area contributed by atoms with Crippen LogP contribution in [0.1, 0.15) is 62.8 Å². The van der Waals surface area contributed by atoms with Crippen LogP contribution in [-0.4, -0.2) is 23.0 Å². The van der Waals surface area contributed by atoms with Crippen molar-refractivity contribution in [2.45, 2.75) is 57.7 Å². The van der Waals surface area contributed by atoms with Gasteiger partial charge in [-0.3, -0.25) is 15.4 Å². The second-order valence-electron chi connectivity index (χ2n) is 7.07. The molecule has 1 aliphatic heterocycles. The maximum Gasteiger partial charge on any atom is 0.137 e. The van der Waals surface area contributed by atoms with Crippen LogP contribution in [0.5, 0.6) is 5.75 Å². The predicted molar refractivity (Wildman–Crippen MR) is 112 cm³/mol. The minimum absolute atomic E-state index is 0.00718. The van der Waals surface area contributed by atoms with Crippen molar-refractivity contribution in [3.63, 3.8) is 0 Å². The number of benzene rings is 1. The molecule has 1 saturated heterocycles. The lowest BCUT2D eigenvalue weighted by molar-refractivity contribution is 0.176. The van der Waals surface area contributed by atoms with Crippen molar-refractivity contribution in [2.24, 2.45) is 5.73 Å². The van der Waals surface area contributed by atoms with Gasteiger partial charge in [0, 0.05) is 6.04 Å². The van der Waals surface area contributed by atoms with E-state index in [4.69, 9.17) is 21.3 Å². The number of hydrogen-bond acceptors (Lipinski definition) is 5. The summed E-state index contributed by atoms with van der Waals surface area (Å²) in [6, 6.07) is 11.8. The van der Waals surface area contributed by atoms with Crippen LogP contribution >= 0.6 is 0 Å². The summed E-state index contributed by atoms with van der Waals surface area (Å²) in [5.74, 6) is 1.09. The van der Waals surface area contributed by atoms with Crippen molar-refractivity contribution < 1.29 is 4.74 Å². The normalized spacial score (nSPS) is 23.3. The first kappa shape index (κ1) is 20.3. The van der Waals surface area contributed by atoms with Crippen LogP contribution in [0.15, 0.2) is 42.6 Å². The van der Waals surface area contributed by atoms with E-state index < -0.39 is 0 Å². The van der Waals surface area contributed by atoms with E-state index in [0.717, 1.165) is 43.4 Å². The Balaban J connectivity index is 0.00000109. The highest BCUT2D eigenvalue weighted by atomic mass is 16.5. The standard InChI is InChI=1S/C20H25N5O.C2H6/c21-16-8-9-18(15-5-2-1-4-14(15)16)26-13-7-10-19(22)25(12-13)20(23)17-6-3-11-24-17;1-2/h1-2,4-5,7,10,12,16-18,22-24H,3,6,8-9,11,21H2;1-2H3. The molecular formula is C22H31N5O. The van der Waals surface area contributed by atoms with Crippen LogP contribution < -0.4 is 21.3 Å². The largest absolute Gasteiger partial charge is 0.484 e. The first-order valence-corrected chi connectivity index (χ1v) is 10.2. The lowest BCUT2D eigenvalue weighted by Gasteiger charge is -2.30. The van der Waals surface area contributed by atoms with Crippen LogP contribution in [0.25, 0.3) is 0 Å². The van der Waals surface area contributed by atoms with Crippen molar-refractivity contribution in [3.8, 4) is 5.75 Å². The molecule has 0 spiro atoms. The Morgan fingerprint density at radius 1 is 1.11 bits per heavy atom. The lowest BCUT2D eigenvalue weighted by Crippen LogP contribution is -2.39. The first-order chi connectivity index (χ1) is 13.6. The molecule has 4 rings (SSSR count). The molecule has 0 bridgehead atoms. The van der Waals surface area contributed by atoms with Crippen LogP contribution in [-0.2, 0) is 0 Å². The molecule has 1 fully saturated rings. The number of fused-ring (bicyclic) bond motifs is 1. The van der Waals surface area contributed by atoms with Gasteiger partial charge in [-0.25, -0.2) is 0 Å². The molecule has 2 heterocycles. The van der Waals surface area contributed by atoms with Gasteiger partial charge in [0.1, 0.15) is 23.2 Å². The zero-order chi connectivity index (χ0) is 20.1. The summed E-state index contributed by atoms with van der Waals surface area (Å²) in [7, 11) is 0. The van der Waals surface area contributed by atoms with Gasteiger partial charge in [0.15, 0.2) is 0 Å². The molecule has 0 radical (unpaired) electrons. The van der Waals surface area contributed by atoms with Crippen molar-refractivity contribution in [1.82, 2.24) is 9.88 Å². The Kier molecular flexibility index (Phi) is 6.65. The summed E-state index contributed by atoms with van der Waals surface area (Å²) in [5.41, 5.74) is 8.82. The number of aromatic nitrogens is 1. The smallest absolute Gasteiger partial charge is 0.137 e. The predicted octanol–water partition coefficient (Wildman–Crippen LogP) is 3.48. The van der Waals surface area contributed by atoms with E-state index in [1.54, 1.807) is 16.8 Å². The van der Waals surface area contributed by atoms with Gasteiger partial charge in [-0.1, -0.05) is 38.1 Å². The van der Waals surface area contributed by atoms with Gasteiger partial charge in [0.05, 0.1) is 12.2 Å². The van der Waals surface area contributed by atoms with Crippen molar-refractivity contribution in [3.05, 3.63) is 59.2 Å². The Morgan fingerprint density at radius 2 is 1.86 bits per heavy atom. The van der Waals surface area contributed by atoms with Crippen LogP contribution in [0.2, 0.25) is 0 Å². The van der Waals surface area contributed by atoms with E-state index >= 15 is 0 Å². The molecule has 1 aromatic carbocycles. The number of pyridine rings is 1. The van der Waals surface area contributed by atoms with Crippen LogP contribution in [0.3, 0.4) is 0 Å². The maximum atomic E-state index is 8.44. The fourth-order valence-corrected chi connectivity index (χ4v) is 3.91. The average molecular weight is 382 g/mol. The number of nitrogens with one attached hydrogen (secondary N) is 3. The van der Waals surface area contributed by atoms with E-state index in [9.17, 15) is 0 Å². The number of hydrogen-bond donors (Lipinski definition) is 4. The molecule has 3 atom stereocenters.